The lowest BCUT2D eigenvalue weighted by atomic mass is 9.99. The Morgan fingerprint density at radius 2 is 2.00 bits per heavy atom. The number of hydrogen-bond donors (Lipinski definition) is 1. The quantitative estimate of drug-likeness (QED) is 0.822. The number of benzodiazepines with no additional fused rings is 1. The zero-order valence-electron chi connectivity index (χ0n) is 11.8. The second kappa shape index (κ2) is 5.42. The summed E-state index contributed by atoms with van der Waals surface area (Å²) >= 11 is 6.33. The first-order chi connectivity index (χ1) is 10.5. The minimum atomic E-state index is -0.428. The molecule has 1 aliphatic rings. The lowest BCUT2D eigenvalue weighted by molar-refractivity contribution is -0.116. The summed E-state index contributed by atoms with van der Waals surface area (Å²) in [5.74, 6) is -0.629. The molecule has 0 saturated heterocycles. The lowest BCUT2D eigenvalue weighted by Crippen LogP contribution is -2.27. The highest BCUT2D eigenvalue weighted by Crippen LogP contribution is 2.35. The number of benzene rings is 2. The summed E-state index contributed by atoms with van der Waals surface area (Å²) < 4.78 is 14.2. The number of halogens is 2. The van der Waals surface area contributed by atoms with Crippen LogP contribution in [0, 0.1) is 5.82 Å². The van der Waals surface area contributed by atoms with Gasteiger partial charge in [-0.05, 0) is 24.3 Å². The Morgan fingerprint density at radius 3 is 2.73 bits per heavy atom. The van der Waals surface area contributed by atoms with Gasteiger partial charge in [0.1, 0.15) is 12.4 Å². The summed E-state index contributed by atoms with van der Waals surface area (Å²) in [6, 6.07) is 9.55. The standard InChI is InChI=1S/C16H13ClFN3O/c1-21-12-7-6-11(19)15(17)14(12)16(20-8-13(21)22)9-4-2-3-5-10(9)18/h2-7H,8,19H2,1H3. The summed E-state index contributed by atoms with van der Waals surface area (Å²) in [4.78, 5) is 17.8. The van der Waals surface area contributed by atoms with Gasteiger partial charge in [-0.25, -0.2) is 4.39 Å². The zero-order valence-corrected chi connectivity index (χ0v) is 12.6. The van der Waals surface area contributed by atoms with Crippen molar-refractivity contribution in [2.45, 2.75) is 0 Å². The Kier molecular flexibility index (Phi) is 3.58. The van der Waals surface area contributed by atoms with Crippen molar-refractivity contribution >= 4 is 34.6 Å². The molecule has 0 atom stereocenters. The highest BCUT2D eigenvalue weighted by molar-refractivity contribution is 6.39. The topological polar surface area (TPSA) is 58.7 Å². The van der Waals surface area contributed by atoms with Gasteiger partial charge in [-0.1, -0.05) is 23.7 Å². The van der Waals surface area contributed by atoms with E-state index in [1.165, 1.54) is 11.0 Å². The maximum Gasteiger partial charge on any atom is 0.248 e. The van der Waals surface area contributed by atoms with Crippen LogP contribution in [0.1, 0.15) is 11.1 Å². The number of nitrogen functional groups attached to an aromatic ring is 1. The van der Waals surface area contributed by atoms with Gasteiger partial charge in [0.15, 0.2) is 0 Å². The van der Waals surface area contributed by atoms with Gasteiger partial charge in [0.2, 0.25) is 5.91 Å². The second-order valence-electron chi connectivity index (χ2n) is 4.96. The van der Waals surface area contributed by atoms with Gasteiger partial charge in [0.25, 0.3) is 0 Å². The SMILES string of the molecule is CN1C(=O)CN=C(c2ccccc2F)c2c1ccc(N)c2Cl. The molecule has 0 saturated carbocycles. The van der Waals surface area contributed by atoms with Crippen molar-refractivity contribution in [3.05, 3.63) is 58.4 Å². The Hall–Kier alpha value is -2.40. The Morgan fingerprint density at radius 1 is 1.27 bits per heavy atom. The van der Waals surface area contributed by atoms with E-state index in [4.69, 9.17) is 17.3 Å². The van der Waals surface area contributed by atoms with E-state index in [9.17, 15) is 9.18 Å². The van der Waals surface area contributed by atoms with Gasteiger partial charge in [-0.2, -0.15) is 0 Å². The van der Waals surface area contributed by atoms with Crippen molar-refractivity contribution in [1.29, 1.82) is 0 Å². The Balaban J connectivity index is 2.33. The van der Waals surface area contributed by atoms with E-state index in [0.717, 1.165) is 0 Å². The van der Waals surface area contributed by atoms with Gasteiger partial charge < -0.3 is 10.6 Å². The van der Waals surface area contributed by atoms with E-state index in [1.807, 2.05) is 0 Å². The molecular formula is C16H13ClFN3O. The smallest absolute Gasteiger partial charge is 0.248 e. The molecule has 1 amide bonds. The molecule has 0 bridgehead atoms. The van der Waals surface area contributed by atoms with E-state index < -0.39 is 5.82 Å². The van der Waals surface area contributed by atoms with Crippen LogP contribution in [0.5, 0.6) is 0 Å². The molecule has 2 aromatic carbocycles. The van der Waals surface area contributed by atoms with Crippen LogP contribution in [0.4, 0.5) is 15.8 Å². The molecule has 0 aromatic heterocycles. The molecule has 0 unspecified atom stereocenters. The molecule has 112 valence electrons. The number of likely N-dealkylation sites (N-methyl/N-ethyl adjacent to an activating group) is 1. The van der Waals surface area contributed by atoms with E-state index >= 15 is 0 Å². The number of carbonyl (C=O) groups excluding carboxylic acids is 1. The van der Waals surface area contributed by atoms with Crippen LogP contribution >= 0.6 is 11.6 Å². The molecule has 6 heteroatoms. The van der Waals surface area contributed by atoms with Gasteiger partial charge in [-0.3, -0.25) is 9.79 Å². The fourth-order valence-corrected chi connectivity index (χ4v) is 2.68. The number of carbonyl (C=O) groups is 1. The number of nitrogens with two attached hydrogens (primary N) is 1. The van der Waals surface area contributed by atoms with Gasteiger partial charge in [-0.15, -0.1) is 0 Å². The van der Waals surface area contributed by atoms with Gasteiger partial charge in [0.05, 0.1) is 22.1 Å². The Labute approximate surface area is 132 Å². The first-order valence-electron chi connectivity index (χ1n) is 6.65. The van der Waals surface area contributed by atoms with Crippen molar-refractivity contribution in [2.75, 3.05) is 24.2 Å². The average molecular weight is 318 g/mol. The largest absolute Gasteiger partial charge is 0.398 e. The first kappa shape index (κ1) is 14.5. The molecule has 0 aliphatic carbocycles. The second-order valence-corrected chi connectivity index (χ2v) is 5.34. The molecule has 2 aromatic rings. The average Bonchev–Trinajstić information content (AvgIpc) is 2.63. The molecular weight excluding hydrogens is 305 g/mol. The van der Waals surface area contributed by atoms with Crippen molar-refractivity contribution < 1.29 is 9.18 Å². The summed E-state index contributed by atoms with van der Waals surface area (Å²) in [6.07, 6.45) is 0. The van der Waals surface area contributed by atoms with Crippen molar-refractivity contribution in [3.8, 4) is 0 Å². The number of amides is 1. The number of rotatable bonds is 1. The van der Waals surface area contributed by atoms with Crippen molar-refractivity contribution in [3.63, 3.8) is 0 Å². The number of fused-ring (bicyclic) bond motifs is 1. The zero-order chi connectivity index (χ0) is 15.9. The normalized spacial score (nSPS) is 14.4. The third-order valence-electron chi connectivity index (χ3n) is 3.62. The molecule has 3 rings (SSSR count). The fourth-order valence-electron chi connectivity index (χ4n) is 2.43. The van der Waals surface area contributed by atoms with Crippen LogP contribution < -0.4 is 10.6 Å². The minimum absolute atomic E-state index is 0.0783. The third kappa shape index (κ3) is 2.23. The lowest BCUT2D eigenvalue weighted by Gasteiger charge is -2.19. The van der Waals surface area contributed by atoms with E-state index in [-0.39, 0.29) is 17.5 Å². The summed E-state index contributed by atoms with van der Waals surface area (Å²) in [5, 5.41) is 0.265. The molecule has 2 N–H and O–H groups in total. The van der Waals surface area contributed by atoms with E-state index in [1.54, 1.807) is 37.4 Å². The number of aliphatic imine (C=N–C) groups is 1. The number of anilines is 2. The van der Waals surface area contributed by atoms with E-state index in [2.05, 4.69) is 4.99 Å². The monoisotopic (exact) mass is 317 g/mol. The number of nitrogens with zero attached hydrogens (tertiary/aromatic N) is 2. The van der Waals surface area contributed by atoms with Gasteiger partial charge >= 0.3 is 0 Å². The van der Waals surface area contributed by atoms with Gasteiger partial charge in [0, 0.05) is 18.2 Å². The maximum absolute atomic E-state index is 14.2. The fraction of sp³-hybridized carbons (Fsp3) is 0.125. The van der Waals surface area contributed by atoms with Crippen LogP contribution in [0.25, 0.3) is 0 Å². The third-order valence-corrected chi connectivity index (χ3v) is 4.03. The maximum atomic E-state index is 14.2. The highest BCUT2D eigenvalue weighted by atomic mass is 35.5. The van der Waals surface area contributed by atoms with Crippen LogP contribution in [-0.2, 0) is 4.79 Å². The first-order valence-corrected chi connectivity index (χ1v) is 7.02. The van der Waals surface area contributed by atoms with Crippen molar-refractivity contribution in [1.82, 2.24) is 0 Å². The minimum Gasteiger partial charge on any atom is -0.398 e. The highest BCUT2D eigenvalue weighted by Gasteiger charge is 2.26. The summed E-state index contributed by atoms with van der Waals surface area (Å²) in [7, 11) is 1.63. The molecule has 1 heterocycles. The molecule has 1 aliphatic heterocycles. The molecule has 0 radical (unpaired) electrons. The summed E-state index contributed by atoms with van der Waals surface area (Å²) in [5.41, 5.74) is 7.88. The Bertz CT molecular complexity index is 804. The number of hydrogen-bond acceptors (Lipinski definition) is 3. The van der Waals surface area contributed by atoms with Crippen LogP contribution in [-0.4, -0.2) is 25.2 Å². The predicted molar refractivity (Wildman–Crippen MR) is 86.2 cm³/mol. The predicted octanol–water partition coefficient (Wildman–Crippen LogP) is 2.88. The van der Waals surface area contributed by atoms with Crippen LogP contribution in [0.3, 0.4) is 0 Å². The van der Waals surface area contributed by atoms with E-state index in [0.29, 0.717) is 28.2 Å². The van der Waals surface area contributed by atoms with Crippen LogP contribution in [0.2, 0.25) is 5.02 Å². The summed E-state index contributed by atoms with van der Waals surface area (Å²) in [6.45, 7) is -0.0783. The van der Waals surface area contributed by atoms with Crippen LogP contribution in [0.15, 0.2) is 41.4 Å². The van der Waals surface area contributed by atoms with Crippen molar-refractivity contribution in [2.24, 2.45) is 4.99 Å². The molecule has 0 spiro atoms. The molecule has 0 fully saturated rings. The molecule has 22 heavy (non-hydrogen) atoms. The molecule has 4 nitrogen and oxygen atoms in total.